The highest BCUT2D eigenvalue weighted by molar-refractivity contribution is 6.32. The number of carbonyl (C=O) groups is 1. The quantitative estimate of drug-likeness (QED) is 0.547. The van der Waals surface area contributed by atoms with Gasteiger partial charge < -0.3 is 24.6 Å². The van der Waals surface area contributed by atoms with E-state index in [0.717, 1.165) is 37.2 Å². The van der Waals surface area contributed by atoms with E-state index in [1.807, 2.05) is 48.5 Å². The molecule has 0 unspecified atom stereocenters. The van der Waals surface area contributed by atoms with Crippen molar-refractivity contribution in [2.75, 3.05) is 47.0 Å². The molecule has 1 fully saturated rings. The summed E-state index contributed by atoms with van der Waals surface area (Å²) in [5.41, 5.74) is 2.10. The first-order valence-electron chi connectivity index (χ1n) is 10.3. The Morgan fingerprint density at radius 1 is 1.17 bits per heavy atom. The van der Waals surface area contributed by atoms with Crippen LogP contribution < -0.4 is 10.1 Å². The van der Waals surface area contributed by atoms with E-state index in [9.17, 15) is 4.79 Å². The number of halogens is 1. The van der Waals surface area contributed by atoms with E-state index in [2.05, 4.69) is 17.3 Å². The van der Waals surface area contributed by atoms with Crippen molar-refractivity contribution < 1.29 is 14.3 Å². The molecule has 1 saturated heterocycles. The predicted octanol–water partition coefficient (Wildman–Crippen LogP) is 3.95. The maximum atomic E-state index is 12.4. The van der Waals surface area contributed by atoms with Gasteiger partial charge in [-0.2, -0.15) is 0 Å². The van der Waals surface area contributed by atoms with Crippen molar-refractivity contribution in [1.82, 2.24) is 15.1 Å². The number of nitrogens with one attached hydrogen (secondary N) is 1. The maximum Gasteiger partial charge on any atom is 0.318 e. The second-order valence-corrected chi connectivity index (χ2v) is 7.96. The molecule has 3 rings (SSSR count). The summed E-state index contributed by atoms with van der Waals surface area (Å²) in [6, 6.07) is 15.7. The standard InChI is InChI=1S/C23H30ClN3O3/c1-26(12-14-29-2)11-6-13-30-22-10-9-18(15-20(22)24)16-27-17-21(25-23(27)28)19-7-4-3-5-8-19/h3-5,7-10,15,21H,6,11-14,16-17H2,1-2H3,(H,25,28)/t21-/m1/s1. The zero-order valence-electron chi connectivity index (χ0n) is 17.6. The molecule has 2 aromatic carbocycles. The zero-order valence-corrected chi connectivity index (χ0v) is 18.4. The molecule has 30 heavy (non-hydrogen) atoms. The van der Waals surface area contributed by atoms with Crippen LogP contribution >= 0.6 is 11.6 Å². The Morgan fingerprint density at radius 2 is 1.97 bits per heavy atom. The van der Waals surface area contributed by atoms with Crippen LogP contribution in [0.25, 0.3) is 0 Å². The predicted molar refractivity (Wildman–Crippen MR) is 119 cm³/mol. The average molecular weight is 432 g/mol. The van der Waals surface area contributed by atoms with Crippen molar-refractivity contribution in [2.24, 2.45) is 0 Å². The molecule has 1 aliphatic rings. The first-order valence-corrected chi connectivity index (χ1v) is 10.6. The Morgan fingerprint density at radius 3 is 2.70 bits per heavy atom. The highest BCUT2D eigenvalue weighted by atomic mass is 35.5. The van der Waals surface area contributed by atoms with Crippen LogP contribution in [-0.2, 0) is 11.3 Å². The molecule has 0 radical (unpaired) electrons. The van der Waals surface area contributed by atoms with E-state index in [0.29, 0.717) is 30.5 Å². The SMILES string of the molecule is COCCN(C)CCCOc1ccc(CN2C[C@H](c3ccccc3)NC2=O)cc1Cl. The Bertz CT molecular complexity index is 819. The molecule has 2 amide bonds. The highest BCUT2D eigenvalue weighted by Crippen LogP contribution is 2.27. The Kier molecular flexibility index (Phi) is 8.37. The van der Waals surface area contributed by atoms with Crippen molar-refractivity contribution in [3.8, 4) is 5.75 Å². The molecule has 1 N–H and O–H groups in total. The molecule has 0 bridgehead atoms. The largest absolute Gasteiger partial charge is 0.492 e. The zero-order chi connectivity index (χ0) is 21.3. The number of likely N-dealkylation sites (N-methyl/N-ethyl adjacent to an activating group) is 1. The summed E-state index contributed by atoms with van der Waals surface area (Å²) in [6.07, 6.45) is 0.910. The maximum absolute atomic E-state index is 12.4. The molecule has 0 aliphatic carbocycles. The number of urea groups is 1. The summed E-state index contributed by atoms with van der Waals surface area (Å²) in [7, 11) is 3.78. The van der Waals surface area contributed by atoms with Crippen molar-refractivity contribution in [2.45, 2.75) is 19.0 Å². The number of benzene rings is 2. The minimum atomic E-state index is -0.0575. The molecule has 0 aromatic heterocycles. The van der Waals surface area contributed by atoms with Crippen LogP contribution in [0.2, 0.25) is 5.02 Å². The number of ether oxygens (including phenoxy) is 2. The molecule has 7 heteroatoms. The molecule has 162 valence electrons. The second-order valence-electron chi connectivity index (χ2n) is 7.56. The van der Waals surface area contributed by atoms with Gasteiger partial charge >= 0.3 is 6.03 Å². The van der Waals surface area contributed by atoms with Gasteiger partial charge in [0.25, 0.3) is 0 Å². The van der Waals surface area contributed by atoms with Crippen LogP contribution in [0, 0.1) is 0 Å². The lowest BCUT2D eigenvalue weighted by Gasteiger charge is -2.17. The summed E-state index contributed by atoms with van der Waals surface area (Å²) in [4.78, 5) is 16.4. The van der Waals surface area contributed by atoms with Gasteiger partial charge in [-0.25, -0.2) is 4.79 Å². The van der Waals surface area contributed by atoms with E-state index in [-0.39, 0.29) is 12.1 Å². The van der Waals surface area contributed by atoms with Crippen LogP contribution in [0.3, 0.4) is 0 Å². The van der Waals surface area contributed by atoms with Crippen molar-refractivity contribution in [3.05, 3.63) is 64.7 Å². The highest BCUT2D eigenvalue weighted by Gasteiger charge is 2.29. The number of hydrogen-bond donors (Lipinski definition) is 1. The number of carbonyl (C=O) groups excluding carboxylic acids is 1. The lowest BCUT2D eigenvalue weighted by molar-refractivity contribution is 0.157. The summed E-state index contributed by atoms with van der Waals surface area (Å²) < 4.78 is 10.9. The summed E-state index contributed by atoms with van der Waals surface area (Å²) in [5.74, 6) is 0.674. The molecule has 1 aliphatic heterocycles. The van der Waals surface area contributed by atoms with Crippen LogP contribution in [0.5, 0.6) is 5.75 Å². The summed E-state index contributed by atoms with van der Waals surface area (Å²) in [6.45, 7) is 4.32. The van der Waals surface area contributed by atoms with Crippen LogP contribution in [-0.4, -0.2) is 62.8 Å². The Balaban J connectivity index is 1.47. The first kappa shape index (κ1) is 22.4. The number of methoxy groups -OCH3 is 1. The smallest absolute Gasteiger partial charge is 0.318 e. The third kappa shape index (κ3) is 6.36. The van der Waals surface area contributed by atoms with Gasteiger partial charge in [0, 0.05) is 33.3 Å². The fourth-order valence-electron chi connectivity index (χ4n) is 3.46. The fourth-order valence-corrected chi connectivity index (χ4v) is 3.71. The van der Waals surface area contributed by atoms with E-state index in [1.165, 1.54) is 0 Å². The third-order valence-corrected chi connectivity index (χ3v) is 5.47. The molecule has 2 aromatic rings. The van der Waals surface area contributed by atoms with Crippen molar-refractivity contribution >= 4 is 17.6 Å². The van der Waals surface area contributed by atoms with E-state index in [1.54, 1.807) is 12.0 Å². The van der Waals surface area contributed by atoms with E-state index in [4.69, 9.17) is 21.1 Å². The Hall–Kier alpha value is -2.28. The summed E-state index contributed by atoms with van der Waals surface area (Å²) >= 11 is 6.41. The molecule has 0 saturated carbocycles. The molecular formula is C23H30ClN3O3. The second kappa shape index (κ2) is 11.2. The van der Waals surface area contributed by atoms with Gasteiger partial charge in [0.05, 0.1) is 24.3 Å². The van der Waals surface area contributed by atoms with Crippen molar-refractivity contribution in [3.63, 3.8) is 0 Å². The number of hydrogen-bond acceptors (Lipinski definition) is 4. The number of amides is 2. The van der Waals surface area contributed by atoms with Gasteiger partial charge in [0.1, 0.15) is 5.75 Å². The lowest BCUT2D eigenvalue weighted by atomic mass is 10.1. The monoisotopic (exact) mass is 431 g/mol. The van der Waals surface area contributed by atoms with Gasteiger partial charge in [0.15, 0.2) is 0 Å². The van der Waals surface area contributed by atoms with Gasteiger partial charge in [0.2, 0.25) is 0 Å². The van der Waals surface area contributed by atoms with Gasteiger partial charge in [-0.05, 0) is 36.7 Å². The van der Waals surface area contributed by atoms with Gasteiger partial charge in [-0.3, -0.25) is 0 Å². The molecular weight excluding hydrogens is 402 g/mol. The van der Waals surface area contributed by atoms with Crippen LogP contribution in [0.4, 0.5) is 4.79 Å². The minimum absolute atomic E-state index is 0.0128. The van der Waals surface area contributed by atoms with Gasteiger partial charge in [-0.15, -0.1) is 0 Å². The third-order valence-electron chi connectivity index (χ3n) is 5.18. The Labute approximate surface area is 183 Å². The van der Waals surface area contributed by atoms with E-state index < -0.39 is 0 Å². The lowest BCUT2D eigenvalue weighted by Crippen LogP contribution is -2.27. The molecule has 1 heterocycles. The fraction of sp³-hybridized carbons (Fsp3) is 0.435. The number of rotatable bonds is 11. The topological polar surface area (TPSA) is 54.0 Å². The van der Waals surface area contributed by atoms with Crippen LogP contribution in [0.1, 0.15) is 23.6 Å². The molecule has 0 spiro atoms. The average Bonchev–Trinajstić information content (AvgIpc) is 3.12. The van der Waals surface area contributed by atoms with Crippen LogP contribution in [0.15, 0.2) is 48.5 Å². The minimum Gasteiger partial charge on any atom is -0.492 e. The van der Waals surface area contributed by atoms with E-state index >= 15 is 0 Å². The van der Waals surface area contributed by atoms with Crippen molar-refractivity contribution in [1.29, 1.82) is 0 Å². The normalized spacial score (nSPS) is 16.2. The first-order chi connectivity index (χ1) is 14.6. The molecule has 6 nitrogen and oxygen atoms in total. The summed E-state index contributed by atoms with van der Waals surface area (Å²) in [5, 5.41) is 3.61. The van der Waals surface area contributed by atoms with Gasteiger partial charge in [-0.1, -0.05) is 48.0 Å². The number of nitrogens with zero attached hydrogens (tertiary/aromatic N) is 2. The molecule has 1 atom stereocenters.